The molecule has 0 fully saturated rings. The highest BCUT2D eigenvalue weighted by atomic mass is 31.1. The summed E-state index contributed by atoms with van der Waals surface area (Å²) in [5, 5.41) is 3.69. The molecule has 0 unspecified atom stereocenters. The van der Waals surface area contributed by atoms with E-state index in [1.54, 1.807) is 0 Å². The van der Waals surface area contributed by atoms with E-state index in [2.05, 4.69) is 60.1 Å². The molecule has 0 spiro atoms. The zero-order valence-corrected chi connectivity index (χ0v) is 12.6. The van der Waals surface area contributed by atoms with E-state index < -0.39 is 7.92 Å². The Bertz CT molecular complexity index is 669. The van der Waals surface area contributed by atoms with Crippen molar-refractivity contribution >= 4 is 23.8 Å². The first kappa shape index (κ1) is 13.7. The van der Waals surface area contributed by atoms with Gasteiger partial charge in [0, 0.05) is 11.5 Å². The summed E-state index contributed by atoms with van der Waals surface area (Å²) in [6, 6.07) is 27.1. The van der Waals surface area contributed by atoms with Crippen LogP contribution in [0.3, 0.4) is 0 Å². The molecule has 0 aliphatic carbocycles. The number of hydrogen-bond donors (Lipinski definition) is 0. The van der Waals surface area contributed by atoms with Crippen LogP contribution in [0.25, 0.3) is 5.31 Å². The fourth-order valence-corrected chi connectivity index (χ4v) is 4.49. The summed E-state index contributed by atoms with van der Waals surface area (Å²) in [7, 11) is -0.645. The first-order chi connectivity index (χ1) is 10.4. The quantitative estimate of drug-likeness (QED) is 0.656. The molecule has 0 aliphatic heterocycles. The van der Waals surface area contributed by atoms with Crippen molar-refractivity contribution in [2.24, 2.45) is 0 Å². The van der Waals surface area contributed by atoms with Gasteiger partial charge in [-0.1, -0.05) is 73.3 Å². The molecule has 3 rings (SSSR count). The third kappa shape index (κ3) is 3.09. The van der Waals surface area contributed by atoms with Gasteiger partial charge in [0.15, 0.2) is 0 Å². The molecule has 1 heterocycles. The second-order valence-electron chi connectivity index (χ2n) is 4.67. The van der Waals surface area contributed by atoms with E-state index in [1.807, 2.05) is 36.5 Å². The molecular weight excluding hydrogens is 273 g/mol. The summed E-state index contributed by atoms with van der Waals surface area (Å²) in [5.74, 6) is 0. The third-order valence-electron chi connectivity index (χ3n) is 3.26. The molecule has 0 radical (unpaired) electrons. The van der Waals surface area contributed by atoms with Crippen LogP contribution in [0.1, 0.15) is 5.69 Å². The van der Waals surface area contributed by atoms with Gasteiger partial charge in [-0.15, -0.1) is 0 Å². The van der Waals surface area contributed by atoms with Gasteiger partial charge in [-0.2, -0.15) is 0 Å². The van der Waals surface area contributed by atoms with Crippen LogP contribution < -0.4 is 10.6 Å². The number of pyridine rings is 1. The Hall–Kier alpha value is -2.24. The van der Waals surface area contributed by atoms with Gasteiger partial charge >= 0.3 is 0 Å². The second kappa shape index (κ2) is 6.47. The number of rotatable bonds is 4. The zero-order valence-electron chi connectivity index (χ0n) is 11.7. The molecule has 0 amide bonds. The first-order valence-corrected chi connectivity index (χ1v) is 8.21. The smallest absolute Gasteiger partial charge is 0.0707 e. The number of nitrogens with zero attached hydrogens (tertiary/aromatic N) is 1. The standard InChI is InChI=1S/C19H16NP/c1-16(19-14-8-9-15-20-19)21(17-10-4-2-5-11-17)18-12-6-3-7-13-18/h2-15H,1H2. The van der Waals surface area contributed by atoms with Crippen LogP contribution in [-0.4, -0.2) is 4.98 Å². The van der Waals surface area contributed by atoms with E-state index in [-0.39, 0.29) is 0 Å². The fraction of sp³-hybridized carbons (Fsp3) is 0. The average molecular weight is 289 g/mol. The molecule has 0 aliphatic rings. The monoisotopic (exact) mass is 289 g/mol. The summed E-state index contributed by atoms with van der Waals surface area (Å²) in [6.45, 7) is 4.34. The van der Waals surface area contributed by atoms with Gasteiger partial charge in [-0.25, -0.2) is 0 Å². The summed E-state index contributed by atoms with van der Waals surface area (Å²) < 4.78 is 0. The minimum absolute atomic E-state index is 0.645. The maximum Gasteiger partial charge on any atom is 0.0707 e. The predicted molar refractivity (Wildman–Crippen MR) is 92.3 cm³/mol. The van der Waals surface area contributed by atoms with E-state index in [1.165, 1.54) is 10.6 Å². The number of benzene rings is 2. The Morgan fingerprint density at radius 1 is 0.714 bits per heavy atom. The van der Waals surface area contributed by atoms with Crippen LogP contribution in [0.4, 0.5) is 0 Å². The highest BCUT2D eigenvalue weighted by Crippen LogP contribution is 2.46. The average Bonchev–Trinajstić information content (AvgIpc) is 2.58. The lowest BCUT2D eigenvalue weighted by Gasteiger charge is -2.20. The van der Waals surface area contributed by atoms with Crippen molar-refractivity contribution in [3.8, 4) is 0 Å². The van der Waals surface area contributed by atoms with Crippen molar-refractivity contribution in [3.05, 3.63) is 97.3 Å². The maximum absolute atomic E-state index is 4.47. The van der Waals surface area contributed by atoms with Gasteiger partial charge in [0.2, 0.25) is 0 Å². The molecule has 1 nitrogen and oxygen atoms in total. The van der Waals surface area contributed by atoms with Crippen LogP contribution in [0.2, 0.25) is 0 Å². The Morgan fingerprint density at radius 3 is 1.71 bits per heavy atom. The molecule has 1 aromatic heterocycles. The highest BCUT2D eigenvalue weighted by Gasteiger charge is 2.18. The SMILES string of the molecule is C=C(c1ccccn1)P(c1ccccc1)c1ccccc1. The van der Waals surface area contributed by atoms with Crippen molar-refractivity contribution in [3.63, 3.8) is 0 Å². The molecule has 2 aromatic carbocycles. The van der Waals surface area contributed by atoms with Gasteiger partial charge in [-0.3, -0.25) is 4.98 Å². The van der Waals surface area contributed by atoms with Crippen molar-refractivity contribution in [2.45, 2.75) is 0 Å². The third-order valence-corrected chi connectivity index (χ3v) is 5.66. The lowest BCUT2D eigenvalue weighted by molar-refractivity contribution is 1.29. The second-order valence-corrected chi connectivity index (χ2v) is 6.91. The normalized spacial score (nSPS) is 10.5. The molecule has 3 aromatic rings. The molecule has 0 N–H and O–H groups in total. The van der Waals surface area contributed by atoms with Crippen LogP contribution in [-0.2, 0) is 0 Å². The van der Waals surface area contributed by atoms with Crippen molar-refractivity contribution in [2.75, 3.05) is 0 Å². The lowest BCUT2D eigenvalue weighted by atomic mass is 10.3. The fourth-order valence-electron chi connectivity index (χ4n) is 2.26. The van der Waals surface area contributed by atoms with Gasteiger partial charge in [0.05, 0.1) is 5.69 Å². The van der Waals surface area contributed by atoms with Crippen molar-refractivity contribution < 1.29 is 0 Å². The summed E-state index contributed by atoms with van der Waals surface area (Å²) in [4.78, 5) is 4.47. The van der Waals surface area contributed by atoms with Gasteiger partial charge in [0.1, 0.15) is 0 Å². The molecule has 0 bridgehead atoms. The van der Waals surface area contributed by atoms with E-state index in [4.69, 9.17) is 0 Å². The van der Waals surface area contributed by atoms with E-state index in [0.29, 0.717) is 0 Å². The maximum atomic E-state index is 4.47. The number of aromatic nitrogens is 1. The Morgan fingerprint density at radius 2 is 1.24 bits per heavy atom. The van der Waals surface area contributed by atoms with Crippen molar-refractivity contribution in [1.82, 2.24) is 4.98 Å². The molecule has 0 saturated heterocycles. The van der Waals surface area contributed by atoms with Gasteiger partial charge in [-0.05, 0) is 30.7 Å². The highest BCUT2D eigenvalue weighted by molar-refractivity contribution is 7.82. The first-order valence-electron chi connectivity index (χ1n) is 6.87. The molecule has 102 valence electrons. The van der Waals surface area contributed by atoms with Gasteiger partial charge in [0.25, 0.3) is 0 Å². The zero-order chi connectivity index (χ0) is 14.5. The molecular formula is C19H16NP. The van der Waals surface area contributed by atoms with Crippen LogP contribution in [0.15, 0.2) is 91.6 Å². The molecule has 0 atom stereocenters. The summed E-state index contributed by atoms with van der Waals surface area (Å²) in [6.07, 6.45) is 1.82. The Balaban J connectivity index is 2.07. The minimum atomic E-state index is -0.645. The molecule has 0 saturated carbocycles. The Labute approximate surface area is 126 Å². The summed E-state index contributed by atoms with van der Waals surface area (Å²) >= 11 is 0. The largest absolute Gasteiger partial charge is 0.256 e. The number of hydrogen-bond acceptors (Lipinski definition) is 1. The van der Waals surface area contributed by atoms with Gasteiger partial charge < -0.3 is 0 Å². The molecule has 2 heteroatoms. The van der Waals surface area contributed by atoms with E-state index in [0.717, 1.165) is 11.0 Å². The minimum Gasteiger partial charge on any atom is -0.256 e. The lowest BCUT2D eigenvalue weighted by Crippen LogP contribution is -2.12. The van der Waals surface area contributed by atoms with Crippen LogP contribution in [0, 0.1) is 0 Å². The van der Waals surface area contributed by atoms with Crippen LogP contribution in [0.5, 0.6) is 0 Å². The topological polar surface area (TPSA) is 12.9 Å². The molecule has 21 heavy (non-hydrogen) atoms. The predicted octanol–water partition coefficient (Wildman–Crippen LogP) is 4.19. The Kier molecular flexibility index (Phi) is 4.23. The van der Waals surface area contributed by atoms with E-state index >= 15 is 0 Å². The van der Waals surface area contributed by atoms with Crippen LogP contribution >= 0.6 is 7.92 Å². The van der Waals surface area contributed by atoms with E-state index in [9.17, 15) is 0 Å². The summed E-state index contributed by atoms with van der Waals surface area (Å²) in [5.41, 5.74) is 0.969. The van der Waals surface area contributed by atoms with Crippen molar-refractivity contribution in [1.29, 1.82) is 0 Å².